The molecule has 3 atom stereocenters. The van der Waals surface area contributed by atoms with Crippen LogP contribution in [0.3, 0.4) is 0 Å². The summed E-state index contributed by atoms with van der Waals surface area (Å²) in [6, 6.07) is 18.4. The summed E-state index contributed by atoms with van der Waals surface area (Å²) in [7, 11) is 0. The zero-order valence-corrected chi connectivity index (χ0v) is 18.1. The molecule has 1 saturated heterocycles. The van der Waals surface area contributed by atoms with Gasteiger partial charge in [0.2, 0.25) is 0 Å². The zero-order valence-electron chi connectivity index (χ0n) is 18.1. The lowest BCUT2D eigenvalue weighted by molar-refractivity contribution is 0.147. The number of amides is 2. The van der Waals surface area contributed by atoms with E-state index < -0.39 is 0 Å². The second kappa shape index (κ2) is 9.02. The van der Waals surface area contributed by atoms with Gasteiger partial charge in [0.15, 0.2) is 5.82 Å². The minimum absolute atomic E-state index is 0.0609. The average Bonchev–Trinajstić information content (AvgIpc) is 3.60. The number of nitrogens with zero attached hydrogens (tertiary/aromatic N) is 2. The highest BCUT2D eigenvalue weighted by Gasteiger charge is 2.40. The Labute approximate surface area is 187 Å². The number of hydrogen-bond acceptors (Lipinski definition) is 4. The van der Waals surface area contributed by atoms with E-state index in [0.717, 1.165) is 44.0 Å². The first-order valence-electron chi connectivity index (χ1n) is 11.5. The van der Waals surface area contributed by atoms with Crippen LogP contribution in [-0.2, 0) is 0 Å². The Morgan fingerprint density at radius 1 is 1.06 bits per heavy atom. The average molecular weight is 432 g/mol. The summed E-state index contributed by atoms with van der Waals surface area (Å²) >= 11 is 0. The van der Waals surface area contributed by atoms with Crippen molar-refractivity contribution in [3.63, 3.8) is 0 Å². The number of anilines is 1. The third-order valence-electron chi connectivity index (χ3n) is 6.68. The summed E-state index contributed by atoms with van der Waals surface area (Å²) < 4.78 is 0. The van der Waals surface area contributed by atoms with Crippen molar-refractivity contribution in [3.8, 4) is 0 Å². The van der Waals surface area contributed by atoms with Crippen LogP contribution in [0.4, 0.5) is 10.6 Å². The summed E-state index contributed by atoms with van der Waals surface area (Å²) in [6.45, 7) is 1.49. The van der Waals surface area contributed by atoms with Crippen molar-refractivity contribution < 1.29 is 4.79 Å². The molecule has 7 heteroatoms. The fourth-order valence-electron chi connectivity index (χ4n) is 4.84. The molecule has 3 N–H and O–H groups in total. The van der Waals surface area contributed by atoms with Crippen LogP contribution in [0.2, 0.25) is 0 Å². The molecule has 2 heterocycles. The van der Waals surface area contributed by atoms with E-state index in [2.05, 4.69) is 45.1 Å². The number of fused-ring (bicyclic) bond motifs is 1. The van der Waals surface area contributed by atoms with Gasteiger partial charge in [-0.3, -0.25) is 4.79 Å². The Hall–Kier alpha value is -3.35. The van der Waals surface area contributed by atoms with Crippen LogP contribution in [0.1, 0.15) is 43.6 Å². The number of aromatic amines is 1. The molecule has 1 aliphatic heterocycles. The molecule has 1 aromatic heterocycles. The first-order valence-corrected chi connectivity index (χ1v) is 11.5. The van der Waals surface area contributed by atoms with E-state index >= 15 is 0 Å². The molecule has 2 aromatic carbocycles. The molecule has 0 radical (unpaired) electrons. The van der Waals surface area contributed by atoms with Gasteiger partial charge < -0.3 is 15.5 Å². The highest BCUT2D eigenvalue weighted by Crippen LogP contribution is 2.40. The van der Waals surface area contributed by atoms with Gasteiger partial charge in [-0.15, -0.1) is 0 Å². The lowest BCUT2D eigenvalue weighted by Gasteiger charge is -2.36. The first-order chi connectivity index (χ1) is 15.7. The summed E-state index contributed by atoms with van der Waals surface area (Å²) in [5.74, 6) is 1.11. The summed E-state index contributed by atoms with van der Waals surface area (Å²) in [6.07, 6.45) is 5.07. The van der Waals surface area contributed by atoms with Crippen LogP contribution in [0.25, 0.3) is 10.8 Å². The number of carbonyl (C=O) groups excluding carboxylic acids is 1. The zero-order chi connectivity index (χ0) is 21.9. The number of hydrogen-bond donors (Lipinski definition) is 3. The molecule has 2 fully saturated rings. The van der Waals surface area contributed by atoms with Gasteiger partial charge in [0.05, 0.1) is 5.39 Å². The van der Waals surface area contributed by atoms with Gasteiger partial charge >= 0.3 is 6.03 Å². The highest BCUT2D eigenvalue weighted by atomic mass is 16.2. The molecule has 32 heavy (non-hydrogen) atoms. The quantitative estimate of drug-likeness (QED) is 0.553. The van der Waals surface area contributed by atoms with Gasteiger partial charge in [0.25, 0.3) is 5.56 Å². The van der Waals surface area contributed by atoms with Crippen LogP contribution in [0, 0.1) is 0 Å². The Balaban J connectivity index is 1.18. The van der Waals surface area contributed by atoms with Crippen molar-refractivity contribution in [2.24, 2.45) is 0 Å². The Kier molecular flexibility index (Phi) is 5.79. The lowest BCUT2D eigenvalue weighted by Crippen LogP contribution is -2.49. The molecule has 0 spiro atoms. The molecule has 1 aliphatic carbocycles. The number of urea groups is 1. The van der Waals surface area contributed by atoms with Crippen LogP contribution in [0.15, 0.2) is 59.4 Å². The van der Waals surface area contributed by atoms with Gasteiger partial charge in [-0.2, -0.15) is 5.10 Å². The van der Waals surface area contributed by atoms with E-state index in [1.807, 2.05) is 29.2 Å². The largest absolute Gasteiger partial charge is 0.368 e. The minimum Gasteiger partial charge on any atom is -0.368 e. The van der Waals surface area contributed by atoms with Gasteiger partial charge in [-0.05, 0) is 43.7 Å². The minimum atomic E-state index is -0.185. The summed E-state index contributed by atoms with van der Waals surface area (Å²) in [5, 5.41) is 14.8. The topological polar surface area (TPSA) is 90.1 Å². The van der Waals surface area contributed by atoms with Crippen molar-refractivity contribution in [2.45, 2.75) is 50.1 Å². The molecule has 2 aliphatic rings. The molecule has 7 nitrogen and oxygen atoms in total. The van der Waals surface area contributed by atoms with E-state index in [1.54, 1.807) is 6.07 Å². The maximum absolute atomic E-state index is 13.0. The predicted octanol–water partition coefficient (Wildman–Crippen LogP) is 3.85. The highest BCUT2D eigenvalue weighted by molar-refractivity contribution is 5.90. The maximum Gasteiger partial charge on any atom is 0.317 e. The Morgan fingerprint density at radius 3 is 2.69 bits per heavy atom. The second-order valence-corrected chi connectivity index (χ2v) is 8.81. The van der Waals surface area contributed by atoms with Gasteiger partial charge in [-0.1, -0.05) is 48.5 Å². The predicted molar refractivity (Wildman–Crippen MR) is 126 cm³/mol. The van der Waals surface area contributed by atoms with E-state index in [1.165, 1.54) is 5.56 Å². The monoisotopic (exact) mass is 431 g/mol. The normalized spacial score (nSPS) is 22.5. The molecule has 3 unspecified atom stereocenters. The Bertz CT molecular complexity index is 1150. The molecule has 5 rings (SSSR count). The van der Waals surface area contributed by atoms with E-state index in [4.69, 9.17) is 0 Å². The molecule has 0 bridgehead atoms. The second-order valence-electron chi connectivity index (χ2n) is 8.81. The van der Waals surface area contributed by atoms with Crippen LogP contribution >= 0.6 is 0 Å². The Morgan fingerprint density at radius 2 is 1.84 bits per heavy atom. The summed E-state index contributed by atoms with van der Waals surface area (Å²) in [4.78, 5) is 27.0. The van der Waals surface area contributed by atoms with E-state index in [-0.39, 0.29) is 23.7 Å². The van der Waals surface area contributed by atoms with Crippen molar-refractivity contribution in [2.75, 3.05) is 18.4 Å². The molecule has 3 aromatic rings. The van der Waals surface area contributed by atoms with Crippen molar-refractivity contribution >= 4 is 22.6 Å². The molecular weight excluding hydrogens is 402 g/mol. The molecular formula is C25H29N5O2. The van der Waals surface area contributed by atoms with E-state index in [9.17, 15) is 9.59 Å². The number of nitrogens with one attached hydrogen (secondary N) is 3. The fraction of sp³-hybridized carbons (Fsp3) is 0.400. The van der Waals surface area contributed by atoms with E-state index in [0.29, 0.717) is 23.7 Å². The summed E-state index contributed by atoms with van der Waals surface area (Å²) in [5.41, 5.74) is 1.12. The number of likely N-dealkylation sites (tertiary alicyclic amines) is 1. The van der Waals surface area contributed by atoms with Crippen LogP contribution in [-0.4, -0.2) is 46.3 Å². The number of rotatable bonds is 6. The molecule has 1 saturated carbocycles. The first kappa shape index (κ1) is 20.5. The van der Waals surface area contributed by atoms with Gasteiger partial charge in [0.1, 0.15) is 0 Å². The van der Waals surface area contributed by atoms with Gasteiger partial charge in [-0.25, -0.2) is 9.89 Å². The number of piperidine rings is 1. The third-order valence-corrected chi connectivity index (χ3v) is 6.68. The number of aromatic nitrogens is 2. The SMILES string of the molecule is O=C(NC1CC1c1ccccc1)N1CCCCC1CCNc1n[nH]c(=O)c2ccccc12. The van der Waals surface area contributed by atoms with Gasteiger partial charge in [0, 0.05) is 36.5 Å². The molecule has 166 valence electrons. The number of H-pyrrole nitrogens is 1. The van der Waals surface area contributed by atoms with Crippen LogP contribution in [0.5, 0.6) is 0 Å². The molecule has 2 amide bonds. The van der Waals surface area contributed by atoms with Crippen molar-refractivity contribution in [1.29, 1.82) is 0 Å². The smallest absolute Gasteiger partial charge is 0.317 e. The van der Waals surface area contributed by atoms with Crippen molar-refractivity contribution in [1.82, 2.24) is 20.4 Å². The standard InChI is InChI=1S/C25H29N5O2/c31-24-20-12-5-4-11-19(20)23(28-29-24)26-14-13-18-10-6-7-15-30(18)25(32)27-22-16-21(22)17-8-2-1-3-9-17/h1-5,8-9,11-12,18,21-22H,6-7,10,13-16H2,(H,26,28)(H,27,32)(H,29,31). The fourth-order valence-corrected chi connectivity index (χ4v) is 4.84. The number of benzene rings is 2. The lowest BCUT2D eigenvalue weighted by atomic mass is 9.99. The number of carbonyl (C=O) groups is 1. The third kappa shape index (κ3) is 4.33. The van der Waals surface area contributed by atoms with Crippen LogP contribution < -0.4 is 16.2 Å². The van der Waals surface area contributed by atoms with Crippen molar-refractivity contribution in [3.05, 3.63) is 70.5 Å². The maximum atomic E-state index is 13.0.